The van der Waals surface area contributed by atoms with E-state index in [1.54, 1.807) is 6.26 Å². The highest BCUT2D eigenvalue weighted by Gasteiger charge is 2.25. The largest absolute Gasteiger partial charge is 0.303 e. The van der Waals surface area contributed by atoms with Crippen LogP contribution < -0.4 is 0 Å². The molecule has 0 aromatic heterocycles. The zero-order valence-corrected chi connectivity index (χ0v) is 6.41. The van der Waals surface area contributed by atoms with Crippen LogP contribution in [-0.4, -0.2) is 11.5 Å². The first kappa shape index (κ1) is 8.56. The van der Waals surface area contributed by atoms with Crippen molar-refractivity contribution >= 4 is 21.6 Å². The summed E-state index contributed by atoms with van der Waals surface area (Å²) in [6, 6.07) is 0. The van der Waals surface area contributed by atoms with Crippen LogP contribution in [0.15, 0.2) is 0 Å². The van der Waals surface area contributed by atoms with Gasteiger partial charge in [-0.2, -0.15) is 8.78 Å². The Hall–Kier alpha value is 0.560. The third-order valence-electron chi connectivity index (χ3n) is 0.617. The molecule has 0 radical (unpaired) electrons. The predicted molar refractivity (Wildman–Crippen MR) is 36.3 cm³/mol. The summed E-state index contributed by atoms with van der Waals surface area (Å²) in [5.74, 6) is 0. The average Bonchev–Trinajstić information content (AvgIpc) is 1.67. The molecule has 0 nitrogen and oxygen atoms in total. The van der Waals surface area contributed by atoms with Gasteiger partial charge < -0.3 is 0 Å². The molecule has 0 saturated carbocycles. The lowest BCUT2D eigenvalue weighted by Crippen LogP contribution is -2.04. The molecule has 0 atom stereocenters. The Balaban J connectivity index is 3.37. The van der Waals surface area contributed by atoms with Gasteiger partial charge in [0.15, 0.2) is 0 Å². The molecule has 4 heteroatoms. The summed E-state index contributed by atoms with van der Waals surface area (Å²) in [6.07, 6.45) is 1.56. The Bertz CT molecular complexity index is 65.1. The van der Waals surface area contributed by atoms with Gasteiger partial charge in [0.05, 0.1) is 0 Å². The summed E-state index contributed by atoms with van der Waals surface area (Å²) in [5.41, 5.74) is 0. The number of alkyl halides is 2. The summed E-state index contributed by atoms with van der Waals surface area (Å²) in [5, 5.41) is -2.53. The Morgan fingerprint density at radius 3 is 2.12 bits per heavy atom. The second kappa shape index (κ2) is 3.56. The van der Waals surface area contributed by atoms with Crippen molar-refractivity contribution in [1.82, 2.24) is 0 Å². The van der Waals surface area contributed by atoms with Crippen LogP contribution in [0, 0.1) is 0 Å². The van der Waals surface area contributed by atoms with Gasteiger partial charge in [0.2, 0.25) is 0 Å². The minimum Gasteiger partial charge on any atom is -0.193 e. The van der Waals surface area contributed by atoms with E-state index in [1.165, 1.54) is 6.92 Å². The minimum atomic E-state index is -2.53. The highest BCUT2D eigenvalue weighted by Crippen LogP contribution is 2.39. The fraction of sp³-hybridized carbons (Fsp3) is 1.00. The molecule has 0 aromatic rings. The highest BCUT2D eigenvalue weighted by molar-refractivity contribution is 8.76. The molecule has 0 bridgehead atoms. The predicted octanol–water partition coefficient (Wildman–Crippen LogP) is 3.00. The molecule has 0 fully saturated rings. The normalized spacial score (nSPS) is 12.0. The second-order valence-electron chi connectivity index (χ2n) is 1.24. The Morgan fingerprint density at radius 1 is 1.50 bits per heavy atom. The molecule has 0 aliphatic heterocycles. The van der Waals surface area contributed by atoms with Crippen molar-refractivity contribution in [3.05, 3.63) is 0 Å². The van der Waals surface area contributed by atoms with E-state index in [-0.39, 0.29) is 6.42 Å². The van der Waals surface area contributed by atoms with Gasteiger partial charge in [-0.3, -0.25) is 0 Å². The molecule has 8 heavy (non-hydrogen) atoms. The summed E-state index contributed by atoms with van der Waals surface area (Å²) in [4.78, 5) is 0. The van der Waals surface area contributed by atoms with Crippen molar-refractivity contribution in [2.45, 2.75) is 18.6 Å². The highest BCUT2D eigenvalue weighted by atomic mass is 33.1. The molecule has 0 aromatic carbocycles. The molecule has 0 aliphatic rings. The lowest BCUT2D eigenvalue weighted by atomic mass is 10.5. The van der Waals surface area contributed by atoms with E-state index in [0.717, 1.165) is 10.8 Å². The van der Waals surface area contributed by atoms with Crippen molar-refractivity contribution in [3.63, 3.8) is 0 Å². The van der Waals surface area contributed by atoms with Gasteiger partial charge in [0.25, 0.3) is 0 Å². The standard InChI is InChI=1S/C4H8F2S2/c1-3-4(5,6)8-7-2/h3H2,1-2H3. The average molecular weight is 158 g/mol. The van der Waals surface area contributed by atoms with Crippen LogP contribution in [0.25, 0.3) is 0 Å². The molecule has 0 rings (SSSR count). The van der Waals surface area contributed by atoms with Gasteiger partial charge in [0.1, 0.15) is 0 Å². The van der Waals surface area contributed by atoms with E-state index in [9.17, 15) is 8.78 Å². The van der Waals surface area contributed by atoms with E-state index < -0.39 is 5.25 Å². The zero-order chi connectivity index (χ0) is 6.62. The van der Waals surface area contributed by atoms with E-state index in [2.05, 4.69) is 0 Å². The lowest BCUT2D eigenvalue weighted by molar-refractivity contribution is 0.104. The van der Waals surface area contributed by atoms with Gasteiger partial charge in [0, 0.05) is 6.42 Å². The van der Waals surface area contributed by atoms with Crippen molar-refractivity contribution in [3.8, 4) is 0 Å². The third-order valence-corrected chi connectivity index (χ3v) is 2.55. The van der Waals surface area contributed by atoms with Crippen LogP contribution in [0.4, 0.5) is 8.78 Å². The topological polar surface area (TPSA) is 0 Å². The molecule has 0 N–H and O–H groups in total. The van der Waals surface area contributed by atoms with Crippen LogP contribution in [0.3, 0.4) is 0 Å². The smallest absolute Gasteiger partial charge is 0.193 e. The summed E-state index contributed by atoms with van der Waals surface area (Å²) >= 11 is 0. The summed E-state index contributed by atoms with van der Waals surface area (Å²) in [7, 11) is 1.72. The van der Waals surface area contributed by atoms with Crippen LogP contribution in [0.5, 0.6) is 0 Å². The van der Waals surface area contributed by atoms with E-state index >= 15 is 0 Å². The van der Waals surface area contributed by atoms with Crippen molar-refractivity contribution in [1.29, 1.82) is 0 Å². The molecular weight excluding hydrogens is 150 g/mol. The van der Waals surface area contributed by atoms with Crippen molar-refractivity contribution < 1.29 is 8.78 Å². The lowest BCUT2D eigenvalue weighted by Gasteiger charge is -2.08. The van der Waals surface area contributed by atoms with Crippen molar-refractivity contribution in [2.24, 2.45) is 0 Å². The maximum absolute atomic E-state index is 12.1. The van der Waals surface area contributed by atoms with Crippen LogP contribution in [0.1, 0.15) is 13.3 Å². The minimum absolute atomic E-state index is 0.0848. The van der Waals surface area contributed by atoms with Crippen LogP contribution >= 0.6 is 21.6 Å². The number of rotatable bonds is 3. The quantitative estimate of drug-likeness (QED) is 0.579. The van der Waals surface area contributed by atoms with Crippen molar-refractivity contribution in [2.75, 3.05) is 6.26 Å². The first-order chi connectivity index (χ1) is 3.62. The summed E-state index contributed by atoms with van der Waals surface area (Å²) < 4.78 is 24.2. The number of halogens is 2. The fourth-order valence-electron chi connectivity index (χ4n) is 0.181. The fourth-order valence-corrected chi connectivity index (χ4v) is 1.63. The third kappa shape index (κ3) is 3.55. The van der Waals surface area contributed by atoms with E-state index in [1.807, 2.05) is 0 Å². The first-order valence-corrected chi connectivity index (χ1v) is 4.78. The molecule has 50 valence electrons. The Labute approximate surface area is 55.8 Å². The van der Waals surface area contributed by atoms with Crippen LogP contribution in [0.2, 0.25) is 0 Å². The molecule has 0 saturated heterocycles. The van der Waals surface area contributed by atoms with E-state index in [4.69, 9.17) is 0 Å². The molecular formula is C4H8F2S2. The van der Waals surface area contributed by atoms with Gasteiger partial charge in [-0.1, -0.05) is 17.7 Å². The maximum atomic E-state index is 12.1. The van der Waals surface area contributed by atoms with Crippen LogP contribution in [-0.2, 0) is 0 Å². The summed E-state index contributed by atoms with van der Waals surface area (Å²) in [6.45, 7) is 1.48. The zero-order valence-electron chi connectivity index (χ0n) is 4.78. The molecule has 0 unspecified atom stereocenters. The number of hydrogen-bond donors (Lipinski definition) is 0. The van der Waals surface area contributed by atoms with Gasteiger partial charge in [-0.15, -0.1) is 0 Å². The molecule has 0 spiro atoms. The molecule has 0 amide bonds. The van der Waals surface area contributed by atoms with Gasteiger partial charge in [-0.25, -0.2) is 0 Å². The van der Waals surface area contributed by atoms with Gasteiger partial charge >= 0.3 is 5.25 Å². The molecule has 0 heterocycles. The number of hydrogen-bond acceptors (Lipinski definition) is 2. The first-order valence-electron chi connectivity index (χ1n) is 2.22. The monoisotopic (exact) mass is 158 g/mol. The maximum Gasteiger partial charge on any atom is 0.303 e. The Kier molecular flexibility index (Phi) is 3.81. The van der Waals surface area contributed by atoms with E-state index in [0.29, 0.717) is 10.8 Å². The second-order valence-corrected chi connectivity index (χ2v) is 3.84. The molecule has 0 aliphatic carbocycles. The Morgan fingerprint density at radius 2 is 2.00 bits per heavy atom. The SMILES string of the molecule is CCC(F)(F)SSC. The van der Waals surface area contributed by atoms with Gasteiger partial charge in [-0.05, 0) is 17.0 Å².